The van der Waals surface area contributed by atoms with Gasteiger partial charge in [-0.15, -0.1) is 0 Å². The quantitative estimate of drug-likeness (QED) is 0.893. The van der Waals surface area contributed by atoms with Gasteiger partial charge in [-0.2, -0.15) is 5.10 Å². The Hall–Kier alpha value is -2.18. The number of ether oxygens (including phenoxy) is 1. The van der Waals surface area contributed by atoms with Gasteiger partial charge in [0, 0.05) is 25.2 Å². The molecule has 6 nitrogen and oxygen atoms in total. The molecule has 110 valence electrons. The van der Waals surface area contributed by atoms with Crippen LogP contribution >= 0.6 is 0 Å². The zero-order valence-corrected chi connectivity index (χ0v) is 11.6. The fourth-order valence-corrected chi connectivity index (χ4v) is 2.43. The fraction of sp³-hybridized carbons (Fsp3) is 0.333. The first-order chi connectivity index (χ1) is 10.2. The second kappa shape index (κ2) is 6.07. The molecule has 6 heteroatoms. The van der Waals surface area contributed by atoms with E-state index in [2.05, 4.69) is 27.2 Å². The van der Waals surface area contributed by atoms with Crippen LogP contribution < -0.4 is 0 Å². The van der Waals surface area contributed by atoms with E-state index in [4.69, 9.17) is 9.84 Å². The molecule has 1 aliphatic heterocycles. The molecule has 0 aliphatic carbocycles. The van der Waals surface area contributed by atoms with Gasteiger partial charge in [0.2, 0.25) is 0 Å². The summed E-state index contributed by atoms with van der Waals surface area (Å²) in [5, 5.41) is 15.5. The second-order valence-electron chi connectivity index (χ2n) is 5.06. The van der Waals surface area contributed by atoms with Crippen molar-refractivity contribution >= 4 is 5.97 Å². The first-order valence-corrected chi connectivity index (χ1v) is 6.90. The summed E-state index contributed by atoms with van der Waals surface area (Å²) in [5.41, 5.74) is 2.86. The molecule has 2 N–H and O–H groups in total. The largest absolute Gasteiger partial charge is 0.477 e. The van der Waals surface area contributed by atoms with Crippen molar-refractivity contribution in [2.75, 3.05) is 26.3 Å². The molecule has 3 rings (SSSR count). The van der Waals surface area contributed by atoms with Crippen molar-refractivity contribution in [3.8, 4) is 11.3 Å². The van der Waals surface area contributed by atoms with Crippen LogP contribution in [0.15, 0.2) is 30.3 Å². The molecule has 2 heterocycles. The van der Waals surface area contributed by atoms with Gasteiger partial charge in [0.15, 0.2) is 0 Å². The topological polar surface area (TPSA) is 78.4 Å². The summed E-state index contributed by atoms with van der Waals surface area (Å²) in [4.78, 5) is 13.2. The van der Waals surface area contributed by atoms with E-state index in [9.17, 15) is 4.79 Å². The summed E-state index contributed by atoms with van der Waals surface area (Å²) in [7, 11) is 0. The maximum atomic E-state index is 10.9. The number of carbonyl (C=O) groups is 1. The van der Waals surface area contributed by atoms with E-state index in [0.29, 0.717) is 5.69 Å². The van der Waals surface area contributed by atoms with Gasteiger partial charge < -0.3 is 9.84 Å². The molecule has 0 unspecified atom stereocenters. The van der Waals surface area contributed by atoms with Crippen molar-refractivity contribution < 1.29 is 14.6 Å². The lowest BCUT2D eigenvalue weighted by atomic mass is 10.1. The molecule has 0 saturated carbocycles. The van der Waals surface area contributed by atoms with Gasteiger partial charge in [-0.25, -0.2) is 4.79 Å². The second-order valence-corrected chi connectivity index (χ2v) is 5.06. The Morgan fingerprint density at radius 3 is 2.86 bits per heavy atom. The maximum absolute atomic E-state index is 10.9. The number of carboxylic acid groups (broad SMARTS) is 1. The molecule has 0 amide bonds. The lowest BCUT2D eigenvalue weighted by Crippen LogP contribution is -2.35. The summed E-state index contributed by atoms with van der Waals surface area (Å²) in [5.74, 6) is -1.00. The molecule has 0 radical (unpaired) electrons. The molecule has 0 bridgehead atoms. The number of aromatic carboxylic acids is 1. The van der Waals surface area contributed by atoms with E-state index >= 15 is 0 Å². The van der Waals surface area contributed by atoms with Crippen LogP contribution in [0.4, 0.5) is 0 Å². The monoisotopic (exact) mass is 287 g/mol. The summed E-state index contributed by atoms with van der Waals surface area (Å²) >= 11 is 0. The highest BCUT2D eigenvalue weighted by Gasteiger charge is 2.12. The number of carboxylic acids is 1. The van der Waals surface area contributed by atoms with Crippen molar-refractivity contribution in [3.63, 3.8) is 0 Å². The van der Waals surface area contributed by atoms with E-state index < -0.39 is 5.97 Å². The minimum absolute atomic E-state index is 0.101. The predicted molar refractivity (Wildman–Crippen MR) is 77.1 cm³/mol. The lowest BCUT2D eigenvalue weighted by molar-refractivity contribution is 0.0342. The zero-order chi connectivity index (χ0) is 14.7. The Morgan fingerprint density at radius 2 is 2.14 bits per heavy atom. The number of hydrogen-bond acceptors (Lipinski definition) is 4. The Kier molecular flexibility index (Phi) is 3.98. The first-order valence-electron chi connectivity index (χ1n) is 6.90. The average molecular weight is 287 g/mol. The molecular weight excluding hydrogens is 270 g/mol. The smallest absolute Gasteiger partial charge is 0.353 e. The van der Waals surface area contributed by atoms with Crippen LogP contribution in [-0.4, -0.2) is 52.5 Å². The molecule has 1 saturated heterocycles. The number of H-pyrrole nitrogens is 1. The summed E-state index contributed by atoms with van der Waals surface area (Å²) in [6.07, 6.45) is 0. The van der Waals surface area contributed by atoms with Gasteiger partial charge in [-0.3, -0.25) is 10.00 Å². The number of nitrogens with one attached hydrogen (secondary N) is 1. The van der Waals surface area contributed by atoms with E-state index in [1.54, 1.807) is 6.07 Å². The van der Waals surface area contributed by atoms with Gasteiger partial charge in [-0.1, -0.05) is 18.2 Å². The van der Waals surface area contributed by atoms with Crippen molar-refractivity contribution in [2.24, 2.45) is 0 Å². The van der Waals surface area contributed by atoms with E-state index in [1.807, 2.05) is 12.1 Å². The summed E-state index contributed by atoms with van der Waals surface area (Å²) < 4.78 is 5.34. The number of aromatic nitrogens is 2. The van der Waals surface area contributed by atoms with Crippen LogP contribution in [0.25, 0.3) is 11.3 Å². The van der Waals surface area contributed by atoms with Crippen LogP contribution in [0.1, 0.15) is 16.1 Å². The Morgan fingerprint density at radius 1 is 1.33 bits per heavy atom. The van der Waals surface area contributed by atoms with Crippen LogP contribution in [0, 0.1) is 0 Å². The third-order valence-electron chi connectivity index (χ3n) is 3.54. The van der Waals surface area contributed by atoms with Crippen molar-refractivity contribution in [2.45, 2.75) is 6.54 Å². The fourth-order valence-electron chi connectivity index (χ4n) is 2.43. The van der Waals surface area contributed by atoms with Crippen molar-refractivity contribution in [1.82, 2.24) is 15.1 Å². The number of nitrogens with zero attached hydrogens (tertiary/aromatic N) is 2. The SMILES string of the molecule is O=C(O)c1cc(-c2cccc(CN3CCOCC3)c2)n[nH]1. The summed E-state index contributed by atoms with van der Waals surface area (Å²) in [6, 6.07) is 9.59. The predicted octanol–water partition coefficient (Wildman–Crippen LogP) is 1.61. The molecule has 1 fully saturated rings. The number of morpholine rings is 1. The Balaban J connectivity index is 1.76. The maximum Gasteiger partial charge on any atom is 0.353 e. The van der Waals surface area contributed by atoms with Crippen LogP contribution in [0.2, 0.25) is 0 Å². The van der Waals surface area contributed by atoms with Gasteiger partial charge in [0.25, 0.3) is 0 Å². The highest BCUT2D eigenvalue weighted by Crippen LogP contribution is 2.20. The van der Waals surface area contributed by atoms with Gasteiger partial charge in [0.05, 0.1) is 18.9 Å². The minimum atomic E-state index is -1.00. The van der Waals surface area contributed by atoms with Gasteiger partial charge in [0.1, 0.15) is 5.69 Å². The Labute approximate surface area is 122 Å². The first kappa shape index (κ1) is 13.8. The normalized spacial score (nSPS) is 16.0. The molecule has 0 spiro atoms. The van der Waals surface area contributed by atoms with Crippen LogP contribution in [-0.2, 0) is 11.3 Å². The third-order valence-corrected chi connectivity index (χ3v) is 3.54. The van der Waals surface area contributed by atoms with Gasteiger partial charge in [-0.05, 0) is 17.7 Å². The minimum Gasteiger partial charge on any atom is -0.477 e. The molecule has 1 aliphatic rings. The molecule has 1 aromatic heterocycles. The molecule has 2 aromatic rings. The number of hydrogen-bond donors (Lipinski definition) is 2. The van der Waals surface area contributed by atoms with Gasteiger partial charge >= 0.3 is 5.97 Å². The molecule has 21 heavy (non-hydrogen) atoms. The highest BCUT2D eigenvalue weighted by atomic mass is 16.5. The van der Waals surface area contributed by atoms with E-state index in [0.717, 1.165) is 38.4 Å². The molecule has 0 atom stereocenters. The lowest BCUT2D eigenvalue weighted by Gasteiger charge is -2.26. The number of aromatic amines is 1. The molecule has 1 aromatic carbocycles. The van der Waals surface area contributed by atoms with Crippen LogP contribution in [0.3, 0.4) is 0 Å². The third kappa shape index (κ3) is 3.29. The molecular formula is C15H17N3O3. The van der Waals surface area contributed by atoms with Crippen molar-refractivity contribution in [1.29, 1.82) is 0 Å². The van der Waals surface area contributed by atoms with Crippen molar-refractivity contribution in [3.05, 3.63) is 41.6 Å². The number of rotatable bonds is 4. The highest BCUT2D eigenvalue weighted by molar-refractivity contribution is 5.86. The van der Waals surface area contributed by atoms with E-state index in [-0.39, 0.29) is 5.69 Å². The summed E-state index contributed by atoms with van der Waals surface area (Å²) in [6.45, 7) is 4.31. The van der Waals surface area contributed by atoms with E-state index in [1.165, 1.54) is 5.56 Å². The Bertz CT molecular complexity index is 633. The standard InChI is InChI=1S/C15H17N3O3/c19-15(20)14-9-13(16-17-14)12-3-1-2-11(8-12)10-18-4-6-21-7-5-18/h1-3,8-9H,4-7,10H2,(H,16,17)(H,19,20). The van der Waals surface area contributed by atoms with Crippen LogP contribution in [0.5, 0.6) is 0 Å². The number of benzene rings is 1. The average Bonchev–Trinajstić information content (AvgIpc) is 2.99. The zero-order valence-electron chi connectivity index (χ0n) is 11.6.